The van der Waals surface area contributed by atoms with Crippen LogP contribution in [0.2, 0.25) is 0 Å². The molecule has 2 amide bonds. The first kappa shape index (κ1) is 14.6. The lowest BCUT2D eigenvalue weighted by molar-refractivity contribution is -0.120. The molecule has 0 saturated carbocycles. The Morgan fingerprint density at radius 1 is 1.15 bits per heavy atom. The first-order chi connectivity index (χ1) is 9.56. The Labute approximate surface area is 119 Å². The zero-order valence-corrected chi connectivity index (χ0v) is 12.2. The fourth-order valence-corrected chi connectivity index (χ4v) is 2.36. The molecular weight excluding hydrogens is 252 g/mol. The zero-order chi connectivity index (χ0) is 14.5. The van der Waals surface area contributed by atoms with Gasteiger partial charge in [-0.05, 0) is 48.4 Å². The van der Waals surface area contributed by atoms with Gasteiger partial charge in [-0.2, -0.15) is 0 Å². The monoisotopic (exact) mass is 274 g/mol. The number of hydrogen-bond acceptors (Lipinski definition) is 2. The summed E-state index contributed by atoms with van der Waals surface area (Å²) in [6.45, 7) is 4.73. The molecule has 0 fully saturated rings. The van der Waals surface area contributed by atoms with Crippen molar-refractivity contribution in [2.45, 2.75) is 33.1 Å². The van der Waals surface area contributed by atoms with Crippen LogP contribution in [0.5, 0.6) is 0 Å². The summed E-state index contributed by atoms with van der Waals surface area (Å²) in [5.74, 6) is 0.0824. The molecule has 0 heterocycles. The second-order valence-corrected chi connectivity index (χ2v) is 5.72. The van der Waals surface area contributed by atoms with Crippen LogP contribution in [-0.4, -0.2) is 24.9 Å². The molecule has 1 aromatic carbocycles. The lowest BCUT2D eigenvalue weighted by Gasteiger charge is -2.09. The van der Waals surface area contributed by atoms with Crippen molar-refractivity contribution < 1.29 is 9.59 Å². The highest BCUT2D eigenvalue weighted by molar-refractivity contribution is 5.96. The topological polar surface area (TPSA) is 58.2 Å². The van der Waals surface area contributed by atoms with Gasteiger partial charge < -0.3 is 10.6 Å². The van der Waals surface area contributed by atoms with E-state index in [2.05, 4.69) is 10.6 Å². The standard InChI is InChI=1S/C16H22N2O2/c1-11(2)9-17-15(19)10-18-16(20)14-7-6-12-4-3-5-13(12)8-14/h6-8,11H,3-5,9-10H2,1-2H3,(H,17,19)(H,18,20). The SMILES string of the molecule is CC(C)CNC(=O)CNC(=O)c1ccc2c(c1)CCC2. The highest BCUT2D eigenvalue weighted by atomic mass is 16.2. The van der Waals surface area contributed by atoms with Crippen molar-refractivity contribution in [2.75, 3.05) is 13.1 Å². The molecule has 4 heteroatoms. The summed E-state index contributed by atoms with van der Waals surface area (Å²) in [6, 6.07) is 5.81. The Morgan fingerprint density at radius 3 is 2.65 bits per heavy atom. The number of benzene rings is 1. The third-order valence-corrected chi connectivity index (χ3v) is 3.48. The summed E-state index contributed by atoms with van der Waals surface area (Å²) in [5.41, 5.74) is 3.25. The van der Waals surface area contributed by atoms with Gasteiger partial charge in [0.2, 0.25) is 5.91 Å². The van der Waals surface area contributed by atoms with Crippen LogP contribution in [0, 0.1) is 5.92 Å². The molecule has 20 heavy (non-hydrogen) atoms. The van der Waals surface area contributed by atoms with Gasteiger partial charge >= 0.3 is 0 Å². The minimum atomic E-state index is -0.181. The molecule has 1 aliphatic carbocycles. The zero-order valence-electron chi connectivity index (χ0n) is 12.2. The van der Waals surface area contributed by atoms with Crippen molar-refractivity contribution in [2.24, 2.45) is 5.92 Å². The van der Waals surface area contributed by atoms with Crippen molar-refractivity contribution in [3.05, 3.63) is 34.9 Å². The largest absolute Gasteiger partial charge is 0.354 e. The fourth-order valence-electron chi connectivity index (χ4n) is 2.36. The van der Waals surface area contributed by atoms with Crippen LogP contribution >= 0.6 is 0 Å². The predicted molar refractivity (Wildman–Crippen MR) is 78.6 cm³/mol. The number of carbonyl (C=O) groups is 2. The van der Waals surface area contributed by atoms with Gasteiger partial charge in [0, 0.05) is 12.1 Å². The minimum Gasteiger partial charge on any atom is -0.354 e. The van der Waals surface area contributed by atoms with Gasteiger partial charge in [-0.3, -0.25) is 9.59 Å². The third-order valence-electron chi connectivity index (χ3n) is 3.48. The highest BCUT2D eigenvalue weighted by Crippen LogP contribution is 2.22. The van der Waals surface area contributed by atoms with Crippen LogP contribution in [0.15, 0.2) is 18.2 Å². The van der Waals surface area contributed by atoms with Crippen molar-refractivity contribution in [3.8, 4) is 0 Å². The maximum absolute atomic E-state index is 12.0. The Balaban J connectivity index is 1.84. The third kappa shape index (κ3) is 3.83. The second-order valence-electron chi connectivity index (χ2n) is 5.72. The summed E-state index contributed by atoms with van der Waals surface area (Å²) < 4.78 is 0. The molecule has 0 bridgehead atoms. The summed E-state index contributed by atoms with van der Waals surface area (Å²) in [6.07, 6.45) is 3.32. The van der Waals surface area contributed by atoms with Gasteiger partial charge in [0.25, 0.3) is 5.91 Å². The Morgan fingerprint density at radius 2 is 1.90 bits per heavy atom. The molecule has 0 radical (unpaired) electrons. The maximum Gasteiger partial charge on any atom is 0.251 e. The summed E-state index contributed by atoms with van der Waals surface area (Å²) >= 11 is 0. The Hall–Kier alpha value is -1.84. The Bertz CT molecular complexity index is 509. The summed E-state index contributed by atoms with van der Waals surface area (Å²) in [5, 5.41) is 5.44. The average Bonchev–Trinajstić information content (AvgIpc) is 2.89. The summed E-state index contributed by atoms with van der Waals surface area (Å²) in [7, 11) is 0. The van der Waals surface area contributed by atoms with Crippen LogP contribution in [0.4, 0.5) is 0 Å². The number of rotatable bonds is 5. The van der Waals surface area contributed by atoms with Gasteiger partial charge in [0.15, 0.2) is 0 Å². The normalized spacial score (nSPS) is 13.2. The maximum atomic E-state index is 12.0. The molecule has 2 rings (SSSR count). The molecular formula is C16H22N2O2. The van der Waals surface area contributed by atoms with Crippen LogP contribution in [-0.2, 0) is 17.6 Å². The predicted octanol–water partition coefficient (Wildman–Crippen LogP) is 1.68. The van der Waals surface area contributed by atoms with E-state index in [4.69, 9.17) is 0 Å². The van der Waals surface area contributed by atoms with Gasteiger partial charge in [-0.25, -0.2) is 0 Å². The van der Waals surface area contributed by atoms with Crippen molar-refractivity contribution >= 4 is 11.8 Å². The molecule has 0 atom stereocenters. The van der Waals surface area contributed by atoms with Gasteiger partial charge in [0.1, 0.15) is 0 Å². The number of aryl methyl sites for hydroxylation is 2. The lowest BCUT2D eigenvalue weighted by atomic mass is 10.1. The fraction of sp³-hybridized carbons (Fsp3) is 0.500. The van der Waals surface area contributed by atoms with Gasteiger partial charge in [0.05, 0.1) is 6.54 Å². The second kappa shape index (κ2) is 6.55. The smallest absolute Gasteiger partial charge is 0.251 e. The van der Waals surface area contributed by atoms with Crippen LogP contribution < -0.4 is 10.6 Å². The van der Waals surface area contributed by atoms with E-state index in [0.29, 0.717) is 18.0 Å². The molecule has 4 nitrogen and oxygen atoms in total. The Kier molecular flexibility index (Phi) is 4.77. The number of amides is 2. The minimum absolute atomic E-state index is 0.0304. The number of nitrogens with one attached hydrogen (secondary N) is 2. The lowest BCUT2D eigenvalue weighted by Crippen LogP contribution is -2.38. The van der Waals surface area contributed by atoms with E-state index in [1.807, 2.05) is 32.0 Å². The molecule has 0 unspecified atom stereocenters. The van der Waals surface area contributed by atoms with E-state index in [9.17, 15) is 9.59 Å². The number of fused-ring (bicyclic) bond motifs is 1. The molecule has 0 saturated heterocycles. The molecule has 2 N–H and O–H groups in total. The van der Waals surface area contributed by atoms with Gasteiger partial charge in [-0.1, -0.05) is 19.9 Å². The summed E-state index contributed by atoms with van der Waals surface area (Å²) in [4.78, 5) is 23.5. The quantitative estimate of drug-likeness (QED) is 0.858. The molecule has 1 aromatic rings. The van der Waals surface area contributed by atoms with E-state index in [0.717, 1.165) is 19.3 Å². The van der Waals surface area contributed by atoms with Gasteiger partial charge in [-0.15, -0.1) is 0 Å². The first-order valence-electron chi connectivity index (χ1n) is 7.23. The average molecular weight is 274 g/mol. The number of hydrogen-bond donors (Lipinski definition) is 2. The van der Waals surface area contributed by atoms with Crippen molar-refractivity contribution in [1.29, 1.82) is 0 Å². The number of carbonyl (C=O) groups excluding carboxylic acids is 2. The van der Waals surface area contributed by atoms with E-state index < -0.39 is 0 Å². The van der Waals surface area contributed by atoms with E-state index in [-0.39, 0.29) is 18.4 Å². The van der Waals surface area contributed by atoms with Crippen LogP contribution in [0.3, 0.4) is 0 Å². The van der Waals surface area contributed by atoms with Crippen LogP contribution in [0.25, 0.3) is 0 Å². The molecule has 108 valence electrons. The molecule has 0 spiro atoms. The van der Waals surface area contributed by atoms with Crippen LogP contribution in [0.1, 0.15) is 41.8 Å². The van der Waals surface area contributed by atoms with Crippen molar-refractivity contribution in [3.63, 3.8) is 0 Å². The first-order valence-corrected chi connectivity index (χ1v) is 7.23. The highest BCUT2D eigenvalue weighted by Gasteiger charge is 2.14. The van der Waals surface area contributed by atoms with E-state index in [1.54, 1.807) is 0 Å². The molecule has 0 aromatic heterocycles. The molecule has 0 aliphatic heterocycles. The molecule has 1 aliphatic rings. The van der Waals surface area contributed by atoms with E-state index >= 15 is 0 Å². The van der Waals surface area contributed by atoms with Crippen molar-refractivity contribution in [1.82, 2.24) is 10.6 Å². The van der Waals surface area contributed by atoms with E-state index in [1.165, 1.54) is 11.1 Å².